The molecule has 2 atom stereocenters. The van der Waals surface area contributed by atoms with Crippen LogP contribution >= 0.6 is 11.3 Å². The van der Waals surface area contributed by atoms with E-state index in [-0.39, 0.29) is 0 Å². The van der Waals surface area contributed by atoms with E-state index in [2.05, 4.69) is 10.3 Å². The zero-order valence-corrected chi connectivity index (χ0v) is 9.57. The highest BCUT2D eigenvalue weighted by Gasteiger charge is 2.19. The molecule has 1 saturated heterocycles. The van der Waals surface area contributed by atoms with Crippen molar-refractivity contribution in [3.63, 3.8) is 0 Å². The second-order valence-electron chi connectivity index (χ2n) is 3.46. The Balaban J connectivity index is 1.88. The fourth-order valence-corrected chi connectivity index (χ4v) is 3.94. The van der Waals surface area contributed by atoms with Crippen molar-refractivity contribution in [1.82, 2.24) is 10.3 Å². The summed E-state index contributed by atoms with van der Waals surface area (Å²) >= 11 is 1.59. The zero-order chi connectivity index (χ0) is 9.80. The Morgan fingerprint density at radius 3 is 3.29 bits per heavy atom. The first-order chi connectivity index (χ1) is 6.86. The van der Waals surface area contributed by atoms with E-state index in [1.165, 1.54) is 0 Å². The smallest absolute Gasteiger partial charge is 0.0794 e. The van der Waals surface area contributed by atoms with Gasteiger partial charge in [0.2, 0.25) is 0 Å². The molecule has 0 aliphatic carbocycles. The highest BCUT2D eigenvalue weighted by atomic mass is 32.2. The van der Waals surface area contributed by atoms with Gasteiger partial charge < -0.3 is 5.32 Å². The maximum absolute atomic E-state index is 11.9. The molecule has 0 aromatic carbocycles. The van der Waals surface area contributed by atoms with Crippen LogP contribution in [0, 0.1) is 0 Å². The zero-order valence-electron chi connectivity index (χ0n) is 7.94. The lowest BCUT2D eigenvalue weighted by molar-refractivity contribution is 0.519. The summed E-state index contributed by atoms with van der Waals surface area (Å²) in [4.78, 5) is 5.12. The van der Waals surface area contributed by atoms with Crippen LogP contribution in [-0.2, 0) is 16.6 Å². The van der Waals surface area contributed by atoms with Gasteiger partial charge in [0.25, 0.3) is 0 Å². The lowest BCUT2D eigenvalue weighted by Crippen LogP contribution is -2.36. The third kappa shape index (κ3) is 2.62. The van der Waals surface area contributed by atoms with Gasteiger partial charge in [-0.3, -0.25) is 9.19 Å². The number of piperidine rings is 1. The average Bonchev–Trinajstić information content (AvgIpc) is 2.72. The molecule has 1 fully saturated rings. The Morgan fingerprint density at radius 2 is 2.64 bits per heavy atom. The van der Waals surface area contributed by atoms with Crippen molar-refractivity contribution in [2.45, 2.75) is 23.8 Å². The molecule has 0 amide bonds. The van der Waals surface area contributed by atoms with Crippen molar-refractivity contribution in [2.24, 2.45) is 0 Å². The first-order valence-electron chi connectivity index (χ1n) is 4.81. The van der Waals surface area contributed by atoms with Gasteiger partial charge in [0.15, 0.2) is 0 Å². The summed E-state index contributed by atoms with van der Waals surface area (Å²) in [6, 6.07) is 0. The molecule has 1 aliphatic heterocycles. The Hall–Kier alpha value is -0.260. The van der Waals surface area contributed by atoms with Gasteiger partial charge in [0, 0.05) is 33.7 Å². The van der Waals surface area contributed by atoms with Crippen LogP contribution in [-0.4, -0.2) is 27.5 Å². The third-order valence-electron chi connectivity index (χ3n) is 2.39. The molecule has 0 unspecified atom stereocenters. The summed E-state index contributed by atoms with van der Waals surface area (Å²) < 4.78 is 11.9. The average molecular weight is 230 g/mol. The number of nitrogens with one attached hydrogen (secondary N) is 1. The van der Waals surface area contributed by atoms with E-state index in [0.717, 1.165) is 30.8 Å². The minimum atomic E-state index is -0.728. The van der Waals surface area contributed by atoms with E-state index in [1.807, 2.05) is 6.20 Å². The number of hydrogen-bond donors (Lipinski definition) is 1. The van der Waals surface area contributed by atoms with Crippen LogP contribution in [0.2, 0.25) is 0 Å². The molecule has 2 rings (SSSR count). The predicted molar refractivity (Wildman–Crippen MR) is 59.9 cm³/mol. The second kappa shape index (κ2) is 5.00. The summed E-state index contributed by atoms with van der Waals surface area (Å²) in [7, 11) is -0.728. The fourth-order valence-electron chi connectivity index (χ4n) is 1.62. The van der Waals surface area contributed by atoms with Crippen LogP contribution in [0.15, 0.2) is 11.7 Å². The molecular formula is C9H14N2OS2. The Bertz CT molecular complexity index is 294. The maximum atomic E-state index is 11.9. The van der Waals surface area contributed by atoms with E-state index < -0.39 is 10.8 Å². The molecule has 5 heteroatoms. The molecule has 0 bridgehead atoms. The standard InChI is InChI=1S/C9H14N2OS2/c12-14(6-8-4-11-7-13-8)9-2-1-3-10-5-9/h4,7,9-10H,1-3,5-6H2/t9-,14+/m0/s1. The summed E-state index contributed by atoms with van der Waals surface area (Å²) in [5.74, 6) is 0.678. The maximum Gasteiger partial charge on any atom is 0.0794 e. The summed E-state index contributed by atoms with van der Waals surface area (Å²) in [6.45, 7) is 1.99. The van der Waals surface area contributed by atoms with Gasteiger partial charge in [0.1, 0.15) is 0 Å². The Morgan fingerprint density at radius 1 is 1.71 bits per heavy atom. The fraction of sp³-hybridized carbons (Fsp3) is 0.667. The molecule has 0 saturated carbocycles. The minimum Gasteiger partial charge on any atom is -0.316 e. The van der Waals surface area contributed by atoms with Crippen molar-refractivity contribution in [2.75, 3.05) is 13.1 Å². The van der Waals surface area contributed by atoms with Gasteiger partial charge in [-0.1, -0.05) is 0 Å². The summed E-state index contributed by atoms with van der Waals surface area (Å²) in [5.41, 5.74) is 1.80. The van der Waals surface area contributed by atoms with Gasteiger partial charge in [-0.2, -0.15) is 0 Å². The van der Waals surface area contributed by atoms with Crippen LogP contribution in [0.5, 0.6) is 0 Å². The summed E-state index contributed by atoms with van der Waals surface area (Å²) in [6.07, 6.45) is 4.07. The van der Waals surface area contributed by atoms with E-state index in [0.29, 0.717) is 11.0 Å². The number of thiazole rings is 1. The van der Waals surface area contributed by atoms with E-state index in [1.54, 1.807) is 16.8 Å². The quantitative estimate of drug-likeness (QED) is 0.847. The number of aromatic nitrogens is 1. The molecule has 1 aliphatic rings. The number of rotatable bonds is 3. The van der Waals surface area contributed by atoms with Crippen LogP contribution in [0.1, 0.15) is 17.7 Å². The van der Waals surface area contributed by atoms with E-state index in [4.69, 9.17) is 0 Å². The van der Waals surface area contributed by atoms with Gasteiger partial charge in [-0.25, -0.2) is 0 Å². The first-order valence-corrected chi connectivity index (χ1v) is 7.07. The van der Waals surface area contributed by atoms with Crippen molar-refractivity contribution in [1.29, 1.82) is 0 Å². The number of nitrogens with zero attached hydrogens (tertiary/aromatic N) is 1. The predicted octanol–water partition coefficient (Wildman–Crippen LogP) is 1.14. The van der Waals surface area contributed by atoms with Crippen LogP contribution in [0.4, 0.5) is 0 Å². The minimum absolute atomic E-state index is 0.339. The Kier molecular flexibility index (Phi) is 3.67. The molecule has 2 heterocycles. The van der Waals surface area contributed by atoms with Crippen LogP contribution < -0.4 is 5.32 Å². The Labute approximate surface area is 90.4 Å². The van der Waals surface area contributed by atoms with Crippen LogP contribution in [0.25, 0.3) is 0 Å². The third-order valence-corrected chi connectivity index (χ3v) is 5.10. The van der Waals surface area contributed by atoms with Gasteiger partial charge >= 0.3 is 0 Å². The summed E-state index contributed by atoms with van der Waals surface area (Å²) in [5, 5.41) is 3.63. The molecule has 1 aromatic rings. The molecule has 3 nitrogen and oxygen atoms in total. The highest BCUT2D eigenvalue weighted by molar-refractivity contribution is 7.85. The second-order valence-corrected chi connectivity index (χ2v) is 6.15. The van der Waals surface area contributed by atoms with Crippen molar-refractivity contribution >= 4 is 22.1 Å². The number of hydrogen-bond acceptors (Lipinski definition) is 4. The van der Waals surface area contributed by atoms with Crippen molar-refractivity contribution < 1.29 is 4.21 Å². The van der Waals surface area contributed by atoms with Gasteiger partial charge in [0.05, 0.1) is 11.3 Å². The van der Waals surface area contributed by atoms with Gasteiger partial charge in [-0.15, -0.1) is 11.3 Å². The topological polar surface area (TPSA) is 42.0 Å². The molecule has 0 radical (unpaired) electrons. The van der Waals surface area contributed by atoms with Crippen molar-refractivity contribution in [3.05, 3.63) is 16.6 Å². The largest absolute Gasteiger partial charge is 0.316 e. The first kappa shape index (κ1) is 10.3. The SMILES string of the molecule is O=[S@](Cc1cncs1)[C@H]1CCCNC1. The normalized spacial score (nSPS) is 24.7. The molecule has 14 heavy (non-hydrogen) atoms. The molecule has 78 valence electrons. The monoisotopic (exact) mass is 230 g/mol. The molecule has 0 spiro atoms. The lowest BCUT2D eigenvalue weighted by Gasteiger charge is -2.21. The molecule has 1 N–H and O–H groups in total. The molecule has 1 aromatic heterocycles. The lowest BCUT2D eigenvalue weighted by atomic mass is 10.2. The molecular weight excluding hydrogens is 216 g/mol. The van der Waals surface area contributed by atoms with Crippen LogP contribution in [0.3, 0.4) is 0 Å². The van der Waals surface area contributed by atoms with E-state index in [9.17, 15) is 4.21 Å². The van der Waals surface area contributed by atoms with Crippen molar-refractivity contribution in [3.8, 4) is 0 Å². The highest BCUT2D eigenvalue weighted by Crippen LogP contribution is 2.15. The van der Waals surface area contributed by atoms with Gasteiger partial charge in [-0.05, 0) is 19.4 Å². The van der Waals surface area contributed by atoms with E-state index >= 15 is 0 Å².